The minimum absolute atomic E-state index is 0.00162. The monoisotopic (exact) mass is 332 g/mol. The summed E-state index contributed by atoms with van der Waals surface area (Å²) in [5, 5.41) is 6.61. The van der Waals surface area contributed by atoms with E-state index in [-0.39, 0.29) is 29.3 Å². The van der Waals surface area contributed by atoms with E-state index in [1.807, 2.05) is 0 Å². The van der Waals surface area contributed by atoms with Crippen molar-refractivity contribution in [1.82, 2.24) is 20.1 Å². The topological polar surface area (TPSA) is 59.8 Å². The highest BCUT2D eigenvalue weighted by Crippen LogP contribution is 2.32. The van der Waals surface area contributed by atoms with Gasteiger partial charge in [0.2, 0.25) is 5.91 Å². The summed E-state index contributed by atoms with van der Waals surface area (Å²) in [7, 11) is 0. The van der Waals surface area contributed by atoms with Crippen LogP contribution in [0.5, 0.6) is 0 Å². The molecule has 23 heavy (non-hydrogen) atoms. The van der Waals surface area contributed by atoms with Crippen molar-refractivity contribution in [3.8, 4) is 0 Å². The molecule has 1 N–H and O–H groups in total. The number of halogens is 4. The Balaban J connectivity index is 2.57. The Bertz CT molecular complexity index is 727. The summed E-state index contributed by atoms with van der Waals surface area (Å²) in [5.41, 5.74) is -1.26. The summed E-state index contributed by atoms with van der Waals surface area (Å²) >= 11 is 0. The lowest BCUT2D eigenvalue weighted by Crippen LogP contribution is -2.33. The second kappa shape index (κ2) is 6.51. The van der Waals surface area contributed by atoms with E-state index in [4.69, 9.17) is 0 Å². The summed E-state index contributed by atoms with van der Waals surface area (Å²) in [6, 6.07) is 0.567. The van der Waals surface area contributed by atoms with Crippen LogP contribution in [0.4, 0.5) is 17.6 Å². The fourth-order valence-corrected chi connectivity index (χ4v) is 2.30. The molecular weight excluding hydrogens is 316 g/mol. The summed E-state index contributed by atoms with van der Waals surface area (Å²) in [6.07, 6.45) is -5.94. The molecule has 9 heteroatoms. The first-order chi connectivity index (χ1) is 10.7. The van der Waals surface area contributed by atoms with Gasteiger partial charge in [-0.2, -0.15) is 5.10 Å². The molecule has 0 saturated heterocycles. The van der Waals surface area contributed by atoms with Crippen LogP contribution in [0.15, 0.2) is 6.07 Å². The number of rotatable bonds is 5. The molecule has 5 nitrogen and oxygen atoms in total. The zero-order valence-electron chi connectivity index (χ0n) is 12.8. The number of nitrogens with one attached hydrogen (secondary N) is 1. The van der Waals surface area contributed by atoms with Gasteiger partial charge in [-0.05, 0) is 26.8 Å². The van der Waals surface area contributed by atoms with Gasteiger partial charge in [0.05, 0.1) is 11.1 Å². The number of alkyl halides is 4. The molecule has 0 saturated carbocycles. The van der Waals surface area contributed by atoms with E-state index in [0.29, 0.717) is 6.07 Å². The quantitative estimate of drug-likeness (QED) is 0.856. The number of aryl methyl sites for hydroxylation is 1. The van der Waals surface area contributed by atoms with E-state index in [9.17, 15) is 22.4 Å². The van der Waals surface area contributed by atoms with E-state index in [2.05, 4.69) is 15.4 Å². The first-order valence-corrected chi connectivity index (χ1v) is 6.94. The molecule has 0 aliphatic heterocycles. The number of amides is 1. The maximum Gasteiger partial charge on any atom is 0.280 e. The number of fused-ring (bicyclic) bond motifs is 1. The molecule has 0 unspecified atom stereocenters. The van der Waals surface area contributed by atoms with Crippen LogP contribution >= 0.6 is 0 Å². The number of hydrogen-bond donors (Lipinski definition) is 1. The van der Waals surface area contributed by atoms with Gasteiger partial charge >= 0.3 is 0 Å². The molecule has 1 amide bonds. The third kappa shape index (κ3) is 3.59. The maximum atomic E-state index is 13.2. The lowest BCUT2D eigenvalue weighted by molar-refractivity contribution is -0.122. The predicted molar refractivity (Wildman–Crippen MR) is 75.5 cm³/mol. The zero-order chi connectivity index (χ0) is 17.3. The average molecular weight is 332 g/mol. The summed E-state index contributed by atoms with van der Waals surface area (Å²) in [5.74, 6) is -0.410. The van der Waals surface area contributed by atoms with E-state index in [1.54, 1.807) is 13.8 Å². The van der Waals surface area contributed by atoms with Crippen molar-refractivity contribution in [3.63, 3.8) is 0 Å². The van der Waals surface area contributed by atoms with E-state index < -0.39 is 30.0 Å². The number of carbonyl (C=O) groups excluding carboxylic acids is 1. The molecule has 2 aromatic heterocycles. The Kier molecular flexibility index (Phi) is 4.86. The third-order valence-electron chi connectivity index (χ3n) is 3.13. The molecule has 0 radical (unpaired) electrons. The van der Waals surface area contributed by atoms with Gasteiger partial charge in [-0.25, -0.2) is 27.2 Å². The van der Waals surface area contributed by atoms with E-state index in [1.165, 1.54) is 6.92 Å². The largest absolute Gasteiger partial charge is 0.352 e. The molecule has 0 spiro atoms. The Morgan fingerprint density at radius 2 is 1.91 bits per heavy atom. The van der Waals surface area contributed by atoms with Crippen LogP contribution in [0.25, 0.3) is 11.0 Å². The van der Waals surface area contributed by atoms with Crippen LogP contribution in [-0.2, 0) is 11.3 Å². The van der Waals surface area contributed by atoms with Crippen molar-refractivity contribution in [3.05, 3.63) is 23.0 Å². The first kappa shape index (κ1) is 17.2. The Hall–Kier alpha value is -2.19. The Labute approximate surface area is 129 Å². The fourth-order valence-electron chi connectivity index (χ4n) is 2.30. The number of hydrogen-bond acceptors (Lipinski definition) is 3. The summed E-state index contributed by atoms with van der Waals surface area (Å²) in [4.78, 5) is 15.5. The molecule has 0 aliphatic carbocycles. The minimum atomic E-state index is -3.00. The van der Waals surface area contributed by atoms with Gasteiger partial charge in [0.15, 0.2) is 5.65 Å². The molecule has 0 bridgehead atoms. The van der Waals surface area contributed by atoms with Crippen LogP contribution < -0.4 is 5.32 Å². The molecule has 0 aliphatic rings. The Morgan fingerprint density at radius 3 is 2.43 bits per heavy atom. The van der Waals surface area contributed by atoms with Gasteiger partial charge in [0, 0.05) is 11.6 Å². The predicted octanol–water partition coefficient (Wildman–Crippen LogP) is 3.14. The molecular formula is C14H16F4N4O. The van der Waals surface area contributed by atoms with Crippen molar-refractivity contribution in [1.29, 1.82) is 0 Å². The number of aromatic nitrogens is 3. The lowest BCUT2D eigenvalue weighted by Gasteiger charge is -2.10. The van der Waals surface area contributed by atoms with Gasteiger partial charge in [-0.3, -0.25) is 4.79 Å². The third-order valence-corrected chi connectivity index (χ3v) is 3.13. The van der Waals surface area contributed by atoms with Gasteiger partial charge in [-0.15, -0.1) is 0 Å². The summed E-state index contributed by atoms with van der Waals surface area (Å²) in [6.45, 7) is 4.69. The molecule has 0 aromatic carbocycles. The smallest absolute Gasteiger partial charge is 0.280 e. The number of nitrogens with zero attached hydrogens (tertiary/aromatic N) is 3. The van der Waals surface area contributed by atoms with Crippen LogP contribution in [0, 0.1) is 6.92 Å². The lowest BCUT2D eigenvalue weighted by atomic mass is 10.1. The SMILES string of the molecule is Cc1nn(CC(=O)NC(C)C)c2nc(C(F)F)cc(C(F)F)c12. The summed E-state index contributed by atoms with van der Waals surface area (Å²) < 4.78 is 53.2. The molecule has 2 rings (SSSR count). The van der Waals surface area contributed by atoms with E-state index in [0.717, 1.165) is 4.68 Å². The molecule has 2 heterocycles. The highest BCUT2D eigenvalue weighted by molar-refractivity contribution is 5.84. The minimum Gasteiger partial charge on any atom is -0.352 e. The van der Waals surface area contributed by atoms with Crippen LogP contribution in [-0.4, -0.2) is 26.7 Å². The van der Waals surface area contributed by atoms with Crippen LogP contribution in [0.1, 0.15) is 43.6 Å². The van der Waals surface area contributed by atoms with Crippen LogP contribution in [0.3, 0.4) is 0 Å². The average Bonchev–Trinajstić information content (AvgIpc) is 2.73. The van der Waals surface area contributed by atoms with E-state index >= 15 is 0 Å². The second-order valence-corrected chi connectivity index (χ2v) is 5.40. The maximum absolute atomic E-state index is 13.2. The molecule has 126 valence electrons. The normalized spacial score (nSPS) is 11.9. The molecule has 0 atom stereocenters. The second-order valence-electron chi connectivity index (χ2n) is 5.40. The number of pyridine rings is 1. The molecule has 2 aromatic rings. The van der Waals surface area contributed by atoms with Crippen molar-refractivity contribution >= 4 is 16.9 Å². The van der Waals surface area contributed by atoms with Gasteiger partial charge in [0.1, 0.15) is 12.2 Å². The fraction of sp³-hybridized carbons (Fsp3) is 0.500. The first-order valence-electron chi connectivity index (χ1n) is 6.94. The van der Waals surface area contributed by atoms with Crippen LogP contribution in [0.2, 0.25) is 0 Å². The van der Waals surface area contributed by atoms with Gasteiger partial charge in [0.25, 0.3) is 12.9 Å². The zero-order valence-corrected chi connectivity index (χ0v) is 12.8. The van der Waals surface area contributed by atoms with Crippen molar-refractivity contribution in [2.24, 2.45) is 0 Å². The molecule has 0 fully saturated rings. The number of carbonyl (C=O) groups is 1. The highest BCUT2D eigenvalue weighted by atomic mass is 19.3. The van der Waals surface area contributed by atoms with Gasteiger partial charge < -0.3 is 5.32 Å². The van der Waals surface area contributed by atoms with Gasteiger partial charge in [-0.1, -0.05) is 0 Å². The van der Waals surface area contributed by atoms with Crippen molar-refractivity contribution in [2.75, 3.05) is 0 Å². The van der Waals surface area contributed by atoms with Crippen molar-refractivity contribution < 1.29 is 22.4 Å². The van der Waals surface area contributed by atoms with Crippen molar-refractivity contribution in [2.45, 2.75) is 46.2 Å². The standard InChI is InChI=1S/C14H16F4N4O/c1-6(2)19-10(23)5-22-14-11(7(3)21-22)8(12(15)16)4-9(20-14)13(17)18/h4,6,12-13H,5H2,1-3H3,(H,19,23). The Morgan fingerprint density at radius 1 is 1.26 bits per heavy atom. The highest BCUT2D eigenvalue weighted by Gasteiger charge is 2.23.